The molecule has 0 aromatic rings. The quantitative estimate of drug-likeness (QED) is 0.676. The van der Waals surface area contributed by atoms with Gasteiger partial charge in [0.2, 0.25) is 0 Å². The first-order valence-corrected chi connectivity index (χ1v) is 6.19. The standard InChI is InChI=1S/C12H22N2O2/c1-13(2)11(16)14-8-5-10(15)12(9-14)6-3-4-7-12/h10,15H,3-9H2,1-2H3. The van der Waals surface area contributed by atoms with Crippen molar-refractivity contribution in [3.05, 3.63) is 0 Å². The van der Waals surface area contributed by atoms with Gasteiger partial charge in [-0.1, -0.05) is 12.8 Å². The van der Waals surface area contributed by atoms with Gasteiger partial charge < -0.3 is 14.9 Å². The van der Waals surface area contributed by atoms with Gasteiger partial charge in [-0.2, -0.15) is 0 Å². The van der Waals surface area contributed by atoms with Gasteiger partial charge in [0.05, 0.1) is 6.10 Å². The number of amides is 2. The highest BCUT2D eigenvalue weighted by molar-refractivity contribution is 5.74. The molecular weight excluding hydrogens is 204 g/mol. The Morgan fingerprint density at radius 1 is 1.38 bits per heavy atom. The van der Waals surface area contributed by atoms with Crippen LogP contribution in [0, 0.1) is 5.41 Å². The molecule has 2 fully saturated rings. The van der Waals surface area contributed by atoms with Crippen molar-refractivity contribution >= 4 is 6.03 Å². The van der Waals surface area contributed by atoms with Crippen molar-refractivity contribution < 1.29 is 9.90 Å². The number of aliphatic hydroxyl groups excluding tert-OH is 1. The molecule has 2 rings (SSSR count). The van der Waals surface area contributed by atoms with Crippen molar-refractivity contribution in [2.45, 2.75) is 38.2 Å². The van der Waals surface area contributed by atoms with E-state index in [1.54, 1.807) is 19.0 Å². The van der Waals surface area contributed by atoms with Crippen molar-refractivity contribution in [2.75, 3.05) is 27.2 Å². The van der Waals surface area contributed by atoms with E-state index in [0.717, 1.165) is 25.8 Å². The van der Waals surface area contributed by atoms with Gasteiger partial charge in [-0.05, 0) is 19.3 Å². The molecule has 1 unspecified atom stereocenters. The molecule has 4 heteroatoms. The van der Waals surface area contributed by atoms with E-state index in [1.165, 1.54) is 12.8 Å². The minimum Gasteiger partial charge on any atom is -0.392 e. The van der Waals surface area contributed by atoms with E-state index < -0.39 is 0 Å². The first-order chi connectivity index (χ1) is 7.55. The van der Waals surface area contributed by atoms with Gasteiger partial charge in [0.1, 0.15) is 0 Å². The third-order valence-corrected chi connectivity index (χ3v) is 4.14. The lowest BCUT2D eigenvalue weighted by molar-refractivity contribution is -0.0326. The highest BCUT2D eigenvalue weighted by Gasteiger charge is 2.45. The highest BCUT2D eigenvalue weighted by atomic mass is 16.3. The van der Waals surface area contributed by atoms with Gasteiger partial charge in [-0.15, -0.1) is 0 Å². The molecule has 1 saturated heterocycles. The summed E-state index contributed by atoms with van der Waals surface area (Å²) in [6.45, 7) is 1.44. The zero-order chi connectivity index (χ0) is 11.8. The largest absolute Gasteiger partial charge is 0.392 e. The Labute approximate surface area is 97.2 Å². The summed E-state index contributed by atoms with van der Waals surface area (Å²) in [5.41, 5.74) is 0.00389. The number of likely N-dealkylation sites (tertiary alicyclic amines) is 1. The SMILES string of the molecule is CN(C)C(=O)N1CCC(O)C2(CCCC2)C1. The van der Waals surface area contributed by atoms with Gasteiger partial charge in [0.25, 0.3) is 0 Å². The molecule has 1 heterocycles. The smallest absolute Gasteiger partial charge is 0.319 e. The minimum absolute atomic E-state index is 0.00389. The molecule has 2 aliphatic rings. The van der Waals surface area contributed by atoms with Crippen LogP contribution in [0.1, 0.15) is 32.1 Å². The molecule has 0 aromatic carbocycles. The molecular formula is C12H22N2O2. The number of nitrogens with zero attached hydrogens (tertiary/aromatic N) is 2. The Balaban J connectivity index is 2.07. The number of piperidine rings is 1. The molecule has 1 atom stereocenters. The van der Waals surface area contributed by atoms with E-state index in [1.807, 2.05) is 4.90 Å². The van der Waals surface area contributed by atoms with Gasteiger partial charge in [0.15, 0.2) is 0 Å². The zero-order valence-corrected chi connectivity index (χ0v) is 10.3. The number of hydrogen-bond donors (Lipinski definition) is 1. The number of carbonyl (C=O) groups is 1. The normalized spacial score (nSPS) is 28.4. The van der Waals surface area contributed by atoms with Crippen LogP contribution in [-0.2, 0) is 0 Å². The van der Waals surface area contributed by atoms with E-state index in [0.29, 0.717) is 6.54 Å². The summed E-state index contributed by atoms with van der Waals surface area (Å²) in [5, 5.41) is 10.1. The van der Waals surface area contributed by atoms with Crippen molar-refractivity contribution in [1.29, 1.82) is 0 Å². The lowest BCUT2D eigenvalue weighted by atomic mass is 9.76. The van der Waals surface area contributed by atoms with Crippen LogP contribution in [0.25, 0.3) is 0 Å². The molecule has 1 spiro atoms. The Morgan fingerprint density at radius 2 is 2.00 bits per heavy atom. The second kappa shape index (κ2) is 4.24. The molecule has 2 amide bonds. The lowest BCUT2D eigenvalue weighted by Gasteiger charge is -2.44. The Kier molecular flexibility index (Phi) is 3.10. The molecule has 1 aliphatic heterocycles. The molecule has 0 aromatic heterocycles. The fraction of sp³-hybridized carbons (Fsp3) is 0.917. The van der Waals surface area contributed by atoms with E-state index in [4.69, 9.17) is 0 Å². The van der Waals surface area contributed by atoms with Crippen LogP contribution in [0.15, 0.2) is 0 Å². The van der Waals surface area contributed by atoms with Crippen LogP contribution in [0.5, 0.6) is 0 Å². The summed E-state index contributed by atoms with van der Waals surface area (Å²) in [4.78, 5) is 15.4. The van der Waals surface area contributed by atoms with Crippen LogP contribution in [0.2, 0.25) is 0 Å². The van der Waals surface area contributed by atoms with Crippen LogP contribution in [-0.4, -0.2) is 54.2 Å². The summed E-state index contributed by atoms with van der Waals surface area (Å²) in [5.74, 6) is 0. The third-order valence-electron chi connectivity index (χ3n) is 4.14. The van der Waals surface area contributed by atoms with Crippen LogP contribution >= 0.6 is 0 Å². The van der Waals surface area contributed by atoms with Gasteiger partial charge in [0, 0.05) is 32.6 Å². The maximum atomic E-state index is 11.9. The predicted octanol–water partition coefficient (Wildman–Crippen LogP) is 1.29. The molecule has 0 radical (unpaired) electrons. The van der Waals surface area contributed by atoms with Crippen molar-refractivity contribution in [2.24, 2.45) is 5.41 Å². The summed E-state index contributed by atoms with van der Waals surface area (Å²) in [7, 11) is 3.57. The Bertz CT molecular complexity index is 272. The predicted molar refractivity (Wildman–Crippen MR) is 62.2 cm³/mol. The monoisotopic (exact) mass is 226 g/mol. The number of carbonyl (C=O) groups excluding carboxylic acids is 1. The number of urea groups is 1. The first-order valence-electron chi connectivity index (χ1n) is 6.19. The average molecular weight is 226 g/mol. The van der Waals surface area contributed by atoms with E-state index in [9.17, 15) is 9.90 Å². The molecule has 1 aliphatic carbocycles. The lowest BCUT2D eigenvalue weighted by Crippen LogP contribution is -2.54. The van der Waals surface area contributed by atoms with Gasteiger partial charge >= 0.3 is 6.03 Å². The van der Waals surface area contributed by atoms with E-state index >= 15 is 0 Å². The number of rotatable bonds is 0. The Morgan fingerprint density at radius 3 is 2.56 bits per heavy atom. The van der Waals surface area contributed by atoms with Gasteiger partial charge in [-0.3, -0.25) is 0 Å². The first kappa shape index (κ1) is 11.7. The van der Waals surface area contributed by atoms with Crippen LogP contribution < -0.4 is 0 Å². The summed E-state index contributed by atoms with van der Waals surface area (Å²) in [6.07, 6.45) is 5.07. The molecule has 1 saturated carbocycles. The van der Waals surface area contributed by atoms with Crippen LogP contribution in [0.4, 0.5) is 4.79 Å². The summed E-state index contributed by atoms with van der Waals surface area (Å²) < 4.78 is 0. The van der Waals surface area contributed by atoms with E-state index in [2.05, 4.69) is 0 Å². The molecule has 92 valence electrons. The fourth-order valence-corrected chi connectivity index (χ4v) is 3.17. The third kappa shape index (κ3) is 1.90. The summed E-state index contributed by atoms with van der Waals surface area (Å²) in [6, 6.07) is 0.0816. The van der Waals surface area contributed by atoms with Gasteiger partial charge in [-0.25, -0.2) is 4.79 Å². The molecule has 1 N–H and O–H groups in total. The van der Waals surface area contributed by atoms with Crippen molar-refractivity contribution in [3.8, 4) is 0 Å². The second-order valence-electron chi connectivity index (χ2n) is 5.47. The van der Waals surface area contributed by atoms with Crippen LogP contribution in [0.3, 0.4) is 0 Å². The maximum Gasteiger partial charge on any atom is 0.319 e. The molecule has 0 bridgehead atoms. The molecule has 16 heavy (non-hydrogen) atoms. The summed E-state index contributed by atoms with van der Waals surface area (Å²) >= 11 is 0. The maximum absolute atomic E-state index is 11.9. The number of aliphatic hydroxyl groups is 1. The Hall–Kier alpha value is -0.770. The number of hydrogen-bond acceptors (Lipinski definition) is 2. The van der Waals surface area contributed by atoms with Crippen molar-refractivity contribution in [1.82, 2.24) is 9.80 Å². The topological polar surface area (TPSA) is 43.8 Å². The minimum atomic E-state index is -0.207. The molecule has 4 nitrogen and oxygen atoms in total. The average Bonchev–Trinajstić information content (AvgIpc) is 2.71. The highest BCUT2D eigenvalue weighted by Crippen LogP contribution is 2.45. The zero-order valence-electron chi connectivity index (χ0n) is 10.3. The van der Waals surface area contributed by atoms with E-state index in [-0.39, 0.29) is 17.6 Å². The second-order valence-corrected chi connectivity index (χ2v) is 5.47. The van der Waals surface area contributed by atoms with Crippen molar-refractivity contribution in [3.63, 3.8) is 0 Å². The fourth-order valence-electron chi connectivity index (χ4n) is 3.17.